The molecule has 0 bridgehead atoms. The molecular weight excluding hydrogens is 332 g/mol. The van der Waals surface area contributed by atoms with Crippen molar-refractivity contribution in [2.75, 3.05) is 13.7 Å². The summed E-state index contributed by atoms with van der Waals surface area (Å²) in [5, 5.41) is 11.9. The molecule has 0 fully saturated rings. The van der Waals surface area contributed by atoms with Gasteiger partial charge in [-0.3, -0.25) is 0 Å². The zero-order chi connectivity index (χ0) is 15.7. The number of ether oxygens (including phenoxy) is 2. The fourth-order valence-corrected chi connectivity index (χ4v) is 2.42. The molecule has 1 aromatic carbocycles. The van der Waals surface area contributed by atoms with Crippen molar-refractivity contribution in [3.05, 3.63) is 22.2 Å². The van der Waals surface area contributed by atoms with Gasteiger partial charge in [0.25, 0.3) is 0 Å². The molecule has 4 nitrogen and oxygen atoms in total. The zero-order valence-corrected chi connectivity index (χ0v) is 14.5. The monoisotopic (exact) mass is 354 g/mol. The highest BCUT2D eigenvalue weighted by atomic mass is 79.9. The molecule has 21 heavy (non-hydrogen) atoms. The lowest BCUT2D eigenvalue weighted by Crippen LogP contribution is -2.21. The minimum absolute atomic E-state index is 0.436. The summed E-state index contributed by atoms with van der Waals surface area (Å²) in [5.41, 5.74) is 1.14. The highest BCUT2D eigenvalue weighted by Crippen LogP contribution is 2.36. The number of hydrogen-bond acceptors (Lipinski definition) is 4. The van der Waals surface area contributed by atoms with E-state index in [9.17, 15) is 0 Å². The van der Waals surface area contributed by atoms with Crippen LogP contribution in [0.15, 0.2) is 16.6 Å². The van der Waals surface area contributed by atoms with Crippen LogP contribution in [0.2, 0.25) is 0 Å². The molecule has 5 heteroatoms. The van der Waals surface area contributed by atoms with E-state index < -0.39 is 0 Å². The largest absolute Gasteiger partial charge is 0.493 e. The Labute approximate surface area is 135 Å². The Kier molecular flexibility index (Phi) is 8.17. The van der Waals surface area contributed by atoms with Crippen LogP contribution in [-0.4, -0.2) is 19.8 Å². The zero-order valence-electron chi connectivity index (χ0n) is 12.9. The Balaban J connectivity index is 2.68. The molecule has 0 heterocycles. The van der Waals surface area contributed by atoms with Gasteiger partial charge in [-0.05, 0) is 46.5 Å². The third-order valence-electron chi connectivity index (χ3n) is 2.93. The van der Waals surface area contributed by atoms with Gasteiger partial charge in [0.1, 0.15) is 0 Å². The maximum atomic E-state index is 8.50. The van der Waals surface area contributed by atoms with Crippen molar-refractivity contribution in [1.29, 1.82) is 5.26 Å². The summed E-state index contributed by atoms with van der Waals surface area (Å²) in [4.78, 5) is 0. The number of nitrogens with one attached hydrogen (secondary N) is 1. The van der Waals surface area contributed by atoms with Crippen LogP contribution in [0.4, 0.5) is 0 Å². The molecular formula is C16H23BrN2O2. The van der Waals surface area contributed by atoms with Crippen molar-refractivity contribution in [2.24, 2.45) is 0 Å². The molecule has 0 amide bonds. The van der Waals surface area contributed by atoms with Gasteiger partial charge in [-0.1, -0.05) is 13.8 Å². The van der Waals surface area contributed by atoms with E-state index >= 15 is 0 Å². The average Bonchev–Trinajstić information content (AvgIpc) is 2.46. The van der Waals surface area contributed by atoms with Gasteiger partial charge in [-0.15, -0.1) is 0 Å². The molecule has 0 unspecified atom stereocenters. The number of methoxy groups -OCH3 is 1. The van der Waals surface area contributed by atoms with Crippen LogP contribution in [0.3, 0.4) is 0 Å². The van der Waals surface area contributed by atoms with E-state index in [1.165, 1.54) is 0 Å². The van der Waals surface area contributed by atoms with Crippen LogP contribution in [0.25, 0.3) is 0 Å². The Bertz CT molecular complexity index is 484. The van der Waals surface area contributed by atoms with E-state index in [2.05, 4.69) is 41.2 Å². The first kappa shape index (κ1) is 17.8. The van der Waals surface area contributed by atoms with Crippen molar-refractivity contribution >= 4 is 15.9 Å². The Morgan fingerprint density at radius 2 is 2.10 bits per heavy atom. The van der Waals surface area contributed by atoms with Gasteiger partial charge in [-0.25, -0.2) is 0 Å². The molecule has 116 valence electrons. The number of nitriles is 1. The molecule has 1 N–H and O–H groups in total. The summed E-state index contributed by atoms with van der Waals surface area (Å²) in [6, 6.07) is 6.61. The maximum Gasteiger partial charge on any atom is 0.175 e. The topological polar surface area (TPSA) is 54.3 Å². The highest BCUT2D eigenvalue weighted by molar-refractivity contribution is 9.10. The molecule has 0 aliphatic rings. The normalized spacial score (nSPS) is 10.5. The fraction of sp³-hybridized carbons (Fsp3) is 0.562. The van der Waals surface area contributed by atoms with Gasteiger partial charge < -0.3 is 14.8 Å². The molecule has 0 spiro atoms. The summed E-state index contributed by atoms with van der Waals surface area (Å²) in [5.74, 6) is 1.45. The summed E-state index contributed by atoms with van der Waals surface area (Å²) >= 11 is 3.54. The summed E-state index contributed by atoms with van der Waals surface area (Å²) < 4.78 is 12.1. The predicted molar refractivity (Wildman–Crippen MR) is 87.6 cm³/mol. The number of unbranched alkanes of at least 4 members (excludes halogenated alkanes) is 2. The molecule has 1 rings (SSSR count). The van der Waals surface area contributed by atoms with Gasteiger partial charge in [0.2, 0.25) is 0 Å². The van der Waals surface area contributed by atoms with E-state index in [0.29, 0.717) is 19.1 Å². The van der Waals surface area contributed by atoms with Crippen molar-refractivity contribution < 1.29 is 9.47 Å². The van der Waals surface area contributed by atoms with E-state index in [1.807, 2.05) is 12.1 Å². The molecule has 0 radical (unpaired) electrons. The van der Waals surface area contributed by atoms with Crippen LogP contribution < -0.4 is 14.8 Å². The van der Waals surface area contributed by atoms with E-state index in [0.717, 1.165) is 40.9 Å². The van der Waals surface area contributed by atoms with Crippen LogP contribution >= 0.6 is 15.9 Å². The smallest absolute Gasteiger partial charge is 0.175 e. The number of benzene rings is 1. The van der Waals surface area contributed by atoms with Crippen molar-refractivity contribution in [3.63, 3.8) is 0 Å². The lowest BCUT2D eigenvalue weighted by atomic mass is 10.2. The van der Waals surface area contributed by atoms with Gasteiger partial charge in [-0.2, -0.15) is 5.26 Å². The molecule has 0 aliphatic heterocycles. The Hall–Kier alpha value is -1.25. The van der Waals surface area contributed by atoms with E-state index in [4.69, 9.17) is 14.7 Å². The summed E-state index contributed by atoms with van der Waals surface area (Å²) in [6.07, 6.45) is 2.29. The van der Waals surface area contributed by atoms with Crippen LogP contribution in [-0.2, 0) is 6.54 Å². The quantitative estimate of drug-likeness (QED) is 0.680. The lowest BCUT2D eigenvalue weighted by Gasteiger charge is -2.15. The summed E-state index contributed by atoms with van der Waals surface area (Å²) in [7, 11) is 1.64. The minimum atomic E-state index is 0.436. The number of hydrogen-bond donors (Lipinski definition) is 1. The van der Waals surface area contributed by atoms with Crippen LogP contribution in [0.5, 0.6) is 11.5 Å². The second-order valence-corrected chi connectivity index (χ2v) is 5.96. The number of halogens is 1. The standard InChI is InChI=1S/C16H23BrN2O2/c1-12(2)19-11-13-9-14(17)16(15(10-13)20-3)21-8-6-4-5-7-18/h9-10,12,19H,4-6,8,11H2,1-3H3. The second kappa shape index (κ2) is 9.64. The molecule has 0 aliphatic carbocycles. The van der Waals surface area contributed by atoms with Gasteiger partial charge in [0.15, 0.2) is 11.5 Å². The van der Waals surface area contributed by atoms with Gasteiger partial charge in [0, 0.05) is 19.0 Å². The van der Waals surface area contributed by atoms with Gasteiger partial charge >= 0.3 is 0 Å². The predicted octanol–water partition coefficient (Wildman–Crippen LogP) is 4.03. The van der Waals surface area contributed by atoms with Crippen LogP contribution in [0.1, 0.15) is 38.7 Å². The second-order valence-electron chi connectivity index (χ2n) is 5.11. The van der Waals surface area contributed by atoms with Gasteiger partial charge in [0.05, 0.1) is 24.3 Å². The highest BCUT2D eigenvalue weighted by Gasteiger charge is 2.11. The molecule has 0 saturated heterocycles. The fourth-order valence-electron chi connectivity index (χ4n) is 1.82. The number of nitrogens with zero attached hydrogens (tertiary/aromatic N) is 1. The SMILES string of the molecule is COc1cc(CNC(C)C)cc(Br)c1OCCCCC#N. The minimum Gasteiger partial charge on any atom is -0.493 e. The Morgan fingerprint density at radius 1 is 1.33 bits per heavy atom. The Morgan fingerprint density at radius 3 is 2.71 bits per heavy atom. The summed E-state index contributed by atoms with van der Waals surface area (Å²) in [6.45, 7) is 5.60. The third kappa shape index (κ3) is 6.36. The number of rotatable bonds is 9. The van der Waals surface area contributed by atoms with Crippen molar-refractivity contribution in [1.82, 2.24) is 5.32 Å². The molecule has 0 saturated carbocycles. The molecule has 0 aromatic heterocycles. The maximum absolute atomic E-state index is 8.50. The first-order valence-electron chi connectivity index (χ1n) is 7.18. The van der Waals surface area contributed by atoms with Crippen molar-refractivity contribution in [2.45, 2.75) is 45.7 Å². The molecule has 1 aromatic rings. The first-order chi connectivity index (χ1) is 10.1. The lowest BCUT2D eigenvalue weighted by molar-refractivity contribution is 0.285. The van der Waals surface area contributed by atoms with E-state index in [1.54, 1.807) is 7.11 Å². The first-order valence-corrected chi connectivity index (χ1v) is 7.97. The van der Waals surface area contributed by atoms with Crippen molar-refractivity contribution in [3.8, 4) is 17.6 Å². The van der Waals surface area contributed by atoms with Crippen LogP contribution in [0, 0.1) is 11.3 Å². The molecule has 0 atom stereocenters. The van der Waals surface area contributed by atoms with E-state index in [-0.39, 0.29) is 0 Å². The average molecular weight is 355 g/mol. The third-order valence-corrected chi connectivity index (χ3v) is 3.52.